The van der Waals surface area contributed by atoms with Gasteiger partial charge in [-0.05, 0) is 26.2 Å². The summed E-state index contributed by atoms with van der Waals surface area (Å²) in [6.07, 6.45) is 4.40. The summed E-state index contributed by atoms with van der Waals surface area (Å²) in [6.45, 7) is 4.67. The highest BCUT2D eigenvalue weighted by Gasteiger charge is 2.38. The standard InChI is InChI=1S/C17H28N2O4S/c1-3-9-18-15(21)7-5-4-6-10-19-16(22)12-14(17(19)23)24-11-8-13(2)20/h14H,3-12H2,1-2H3,(H,18,21). The number of likely N-dealkylation sites (tertiary alicyclic amines) is 1. The van der Waals surface area contributed by atoms with Gasteiger partial charge in [-0.15, -0.1) is 11.8 Å². The van der Waals surface area contributed by atoms with Gasteiger partial charge in [0.25, 0.3) is 0 Å². The zero-order valence-corrected chi connectivity index (χ0v) is 15.5. The molecule has 1 fully saturated rings. The van der Waals surface area contributed by atoms with Crippen LogP contribution in [-0.4, -0.2) is 52.5 Å². The van der Waals surface area contributed by atoms with E-state index in [1.165, 1.54) is 23.6 Å². The summed E-state index contributed by atoms with van der Waals surface area (Å²) >= 11 is 1.40. The first-order chi connectivity index (χ1) is 11.5. The molecule has 1 atom stereocenters. The Bertz CT molecular complexity index is 468. The zero-order valence-electron chi connectivity index (χ0n) is 14.6. The lowest BCUT2D eigenvalue weighted by molar-refractivity contribution is -0.138. The van der Waals surface area contributed by atoms with Crippen molar-refractivity contribution in [1.82, 2.24) is 10.2 Å². The van der Waals surface area contributed by atoms with Crippen LogP contribution in [0.25, 0.3) is 0 Å². The Morgan fingerprint density at radius 3 is 2.62 bits per heavy atom. The molecule has 0 spiro atoms. The van der Waals surface area contributed by atoms with Gasteiger partial charge in [0.15, 0.2) is 0 Å². The highest BCUT2D eigenvalue weighted by atomic mass is 32.2. The second kappa shape index (κ2) is 11.2. The Kier molecular flexibility index (Phi) is 9.67. The number of unbranched alkanes of at least 4 members (excludes halogenated alkanes) is 2. The van der Waals surface area contributed by atoms with Gasteiger partial charge in [0.2, 0.25) is 17.7 Å². The normalized spacial score (nSPS) is 17.4. The first kappa shape index (κ1) is 20.7. The second-order valence-corrected chi connectivity index (χ2v) is 7.37. The summed E-state index contributed by atoms with van der Waals surface area (Å²) in [5.74, 6) is 0.487. The van der Waals surface area contributed by atoms with Gasteiger partial charge < -0.3 is 5.32 Å². The zero-order chi connectivity index (χ0) is 17.9. The van der Waals surface area contributed by atoms with E-state index in [2.05, 4.69) is 5.32 Å². The van der Waals surface area contributed by atoms with E-state index >= 15 is 0 Å². The molecule has 1 aliphatic rings. The van der Waals surface area contributed by atoms with Crippen molar-refractivity contribution < 1.29 is 19.2 Å². The van der Waals surface area contributed by atoms with E-state index in [4.69, 9.17) is 0 Å². The van der Waals surface area contributed by atoms with Crippen LogP contribution < -0.4 is 5.32 Å². The molecular formula is C17H28N2O4S. The van der Waals surface area contributed by atoms with Gasteiger partial charge in [-0.25, -0.2) is 0 Å². The van der Waals surface area contributed by atoms with Gasteiger partial charge in [-0.1, -0.05) is 13.3 Å². The summed E-state index contributed by atoms with van der Waals surface area (Å²) in [6, 6.07) is 0. The van der Waals surface area contributed by atoms with E-state index < -0.39 is 0 Å². The molecule has 1 rings (SSSR count). The molecule has 0 aromatic heterocycles. The molecule has 1 unspecified atom stereocenters. The van der Waals surface area contributed by atoms with Crippen LogP contribution >= 0.6 is 11.8 Å². The maximum atomic E-state index is 12.2. The molecule has 1 N–H and O–H groups in total. The Balaban J connectivity index is 2.20. The average Bonchev–Trinajstić information content (AvgIpc) is 2.79. The number of hydrogen-bond donors (Lipinski definition) is 1. The minimum atomic E-state index is -0.336. The molecule has 1 aliphatic heterocycles. The third kappa shape index (κ3) is 7.47. The number of ketones is 1. The van der Waals surface area contributed by atoms with Gasteiger partial charge in [0.05, 0.1) is 5.25 Å². The molecule has 7 heteroatoms. The van der Waals surface area contributed by atoms with Crippen LogP contribution in [0.15, 0.2) is 0 Å². The predicted molar refractivity (Wildman–Crippen MR) is 94.6 cm³/mol. The van der Waals surface area contributed by atoms with Crippen LogP contribution in [-0.2, 0) is 19.2 Å². The van der Waals surface area contributed by atoms with Crippen LogP contribution in [0.5, 0.6) is 0 Å². The lowest BCUT2D eigenvalue weighted by Gasteiger charge is -2.14. The molecule has 3 amide bonds. The van der Waals surface area contributed by atoms with Crippen molar-refractivity contribution in [2.45, 2.75) is 64.0 Å². The van der Waals surface area contributed by atoms with Gasteiger partial charge in [0, 0.05) is 38.1 Å². The molecule has 0 bridgehead atoms. The Labute approximate surface area is 148 Å². The van der Waals surface area contributed by atoms with Crippen molar-refractivity contribution in [2.24, 2.45) is 0 Å². The highest BCUT2D eigenvalue weighted by molar-refractivity contribution is 8.00. The van der Waals surface area contributed by atoms with Gasteiger partial charge in [-0.3, -0.25) is 24.1 Å². The quantitative estimate of drug-likeness (QED) is 0.427. The molecule has 6 nitrogen and oxygen atoms in total. The summed E-state index contributed by atoms with van der Waals surface area (Å²) in [4.78, 5) is 47.9. The summed E-state index contributed by atoms with van der Waals surface area (Å²) < 4.78 is 0. The first-order valence-corrected chi connectivity index (χ1v) is 9.72. The number of thioether (sulfide) groups is 1. The Hall–Kier alpha value is -1.37. The third-order valence-corrected chi connectivity index (χ3v) is 5.04. The average molecular weight is 356 g/mol. The number of hydrogen-bond acceptors (Lipinski definition) is 5. The van der Waals surface area contributed by atoms with Crippen LogP contribution in [0.2, 0.25) is 0 Å². The van der Waals surface area contributed by atoms with Crippen molar-refractivity contribution in [2.75, 3.05) is 18.8 Å². The number of carbonyl (C=O) groups is 4. The lowest BCUT2D eigenvalue weighted by Crippen LogP contribution is -2.32. The number of nitrogens with one attached hydrogen (secondary N) is 1. The van der Waals surface area contributed by atoms with Crippen LogP contribution in [0.1, 0.15) is 58.8 Å². The Morgan fingerprint density at radius 1 is 1.21 bits per heavy atom. The molecule has 1 saturated heterocycles. The van der Waals surface area contributed by atoms with E-state index in [0.29, 0.717) is 31.7 Å². The van der Waals surface area contributed by atoms with E-state index in [1.54, 1.807) is 0 Å². The molecular weight excluding hydrogens is 328 g/mol. The summed E-state index contributed by atoms with van der Waals surface area (Å²) in [7, 11) is 0. The number of rotatable bonds is 12. The molecule has 1 heterocycles. The SMILES string of the molecule is CCCNC(=O)CCCCCN1C(=O)CC(SCCC(C)=O)C1=O. The summed E-state index contributed by atoms with van der Waals surface area (Å²) in [5, 5.41) is 2.49. The van der Waals surface area contributed by atoms with E-state index in [9.17, 15) is 19.2 Å². The van der Waals surface area contributed by atoms with Crippen molar-refractivity contribution in [1.29, 1.82) is 0 Å². The topological polar surface area (TPSA) is 83.6 Å². The number of amides is 3. The fraction of sp³-hybridized carbons (Fsp3) is 0.765. The minimum Gasteiger partial charge on any atom is -0.356 e. The molecule has 136 valence electrons. The number of Topliss-reactive ketones (excluding diaryl/α,β-unsaturated/α-hetero) is 1. The monoisotopic (exact) mass is 356 g/mol. The molecule has 0 aliphatic carbocycles. The van der Waals surface area contributed by atoms with E-state index in [1.807, 2.05) is 6.92 Å². The maximum Gasteiger partial charge on any atom is 0.242 e. The van der Waals surface area contributed by atoms with Gasteiger partial charge in [0.1, 0.15) is 5.78 Å². The minimum absolute atomic E-state index is 0.0621. The smallest absolute Gasteiger partial charge is 0.242 e. The van der Waals surface area contributed by atoms with Crippen LogP contribution in [0, 0.1) is 0 Å². The molecule has 0 radical (unpaired) electrons. The second-order valence-electron chi connectivity index (χ2n) is 6.06. The highest BCUT2D eigenvalue weighted by Crippen LogP contribution is 2.26. The Morgan fingerprint density at radius 2 is 1.96 bits per heavy atom. The number of carbonyl (C=O) groups excluding carboxylic acids is 4. The lowest BCUT2D eigenvalue weighted by atomic mass is 10.2. The molecule has 0 saturated carbocycles. The van der Waals surface area contributed by atoms with Gasteiger partial charge in [-0.2, -0.15) is 0 Å². The fourth-order valence-electron chi connectivity index (χ4n) is 2.45. The molecule has 24 heavy (non-hydrogen) atoms. The van der Waals surface area contributed by atoms with Crippen LogP contribution in [0.4, 0.5) is 0 Å². The first-order valence-electron chi connectivity index (χ1n) is 8.67. The maximum absolute atomic E-state index is 12.2. The van der Waals surface area contributed by atoms with Gasteiger partial charge >= 0.3 is 0 Å². The number of nitrogens with zero attached hydrogens (tertiary/aromatic N) is 1. The fourth-order valence-corrected chi connectivity index (χ4v) is 3.67. The van der Waals surface area contributed by atoms with Crippen LogP contribution in [0.3, 0.4) is 0 Å². The van der Waals surface area contributed by atoms with Crippen molar-refractivity contribution in [3.05, 3.63) is 0 Å². The predicted octanol–water partition coefficient (Wildman–Crippen LogP) is 1.91. The van der Waals surface area contributed by atoms with Crippen molar-refractivity contribution in [3.63, 3.8) is 0 Å². The molecule has 0 aromatic carbocycles. The van der Waals surface area contributed by atoms with Crippen molar-refractivity contribution >= 4 is 35.3 Å². The van der Waals surface area contributed by atoms with E-state index in [-0.39, 0.29) is 35.2 Å². The third-order valence-electron chi connectivity index (χ3n) is 3.83. The van der Waals surface area contributed by atoms with E-state index in [0.717, 1.165) is 25.7 Å². The number of imide groups is 1. The van der Waals surface area contributed by atoms with Crippen molar-refractivity contribution in [3.8, 4) is 0 Å². The largest absolute Gasteiger partial charge is 0.356 e. The summed E-state index contributed by atoms with van der Waals surface area (Å²) in [5.41, 5.74) is 0. The molecule has 0 aromatic rings.